The first kappa shape index (κ1) is 17.8. The Morgan fingerprint density at radius 1 is 1.04 bits per heavy atom. The van der Waals surface area contributed by atoms with Gasteiger partial charge in [0.1, 0.15) is 5.75 Å². The smallest absolute Gasteiger partial charge is 0.387 e. The standard InChI is InChI=1S/C19H17F2NO4/c20-18(21)26-15-9-5-4-8-14(15)22-16(23)12-25-17(24)19(10-11-19)13-6-2-1-3-7-13/h1-9,18H,10-12H2,(H,22,23). The van der Waals surface area contributed by atoms with Crippen LogP contribution in [0.1, 0.15) is 18.4 Å². The maximum atomic E-state index is 12.4. The first-order valence-corrected chi connectivity index (χ1v) is 8.08. The molecule has 0 aromatic heterocycles. The third-order valence-electron chi connectivity index (χ3n) is 4.18. The molecule has 0 unspecified atom stereocenters. The maximum Gasteiger partial charge on any atom is 0.387 e. The first-order valence-electron chi connectivity index (χ1n) is 8.08. The van der Waals surface area contributed by atoms with Crippen molar-refractivity contribution >= 4 is 17.6 Å². The number of hydrogen-bond acceptors (Lipinski definition) is 4. The molecule has 5 nitrogen and oxygen atoms in total. The van der Waals surface area contributed by atoms with Crippen molar-refractivity contribution in [1.29, 1.82) is 0 Å². The summed E-state index contributed by atoms with van der Waals surface area (Å²) in [6, 6.07) is 15.0. The van der Waals surface area contributed by atoms with Crippen molar-refractivity contribution in [3.63, 3.8) is 0 Å². The van der Waals surface area contributed by atoms with E-state index in [1.165, 1.54) is 18.2 Å². The maximum absolute atomic E-state index is 12.4. The highest BCUT2D eigenvalue weighted by atomic mass is 19.3. The van der Waals surface area contributed by atoms with Crippen molar-refractivity contribution in [3.8, 4) is 5.75 Å². The molecule has 2 aromatic rings. The average molecular weight is 361 g/mol. The van der Waals surface area contributed by atoms with Crippen LogP contribution in [0.3, 0.4) is 0 Å². The minimum Gasteiger partial charge on any atom is -0.455 e. The summed E-state index contributed by atoms with van der Waals surface area (Å²) >= 11 is 0. The molecule has 0 radical (unpaired) electrons. The number of carbonyl (C=O) groups excluding carboxylic acids is 2. The Bertz CT molecular complexity index is 791. The molecule has 26 heavy (non-hydrogen) atoms. The molecule has 0 bridgehead atoms. The highest BCUT2D eigenvalue weighted by molar-refractivity contribution is 5.95. The van der Waals surface area contributed by atoms with E-state index in [-0.39, 0.29) is 11.4 Å². The van der Waals surface area contributed by atoms with E-state index in [1.807, 2.05) is 30.3 Å². The first-order chi connectivity index (χ1) is 12.5. The van der Waals surface area contributed by atoms with Gasteiger partial charge in [0.2, 0.25) is 0 Å². The zero-order valence-corrected chi connectivity index (χ0v) is 13.8. The summed E-state index contributed by atoms with van der Waals surface area (Å²) in [6.07, 6.45) is 1.34. The predicted molar refractivity (Wildman–Crippen MR) is 90.0 cm³/mol. The summed E-state index contributed by atoms with van der Waals surface area (Å²) in [6.45, 7) is -3.51. The lowest BCUT2D eigenvalue weighted by Crippen LogP contribution is -2.28. The van der Waals surface area contributed by atoms with Crippen LogP contribution >= 0.6 is 0 Å². The van der Waals surface area contributed by atoms with E-state index in [2.05, 4.69) is 10.1 Å². The van der Waals surface area contributed by atoms with Crippen LogP contribution in [0.25, 0.3) is 0 Å². The summed E-state index contributed by atoms with van der Waals surface area (Å²) in [4.78, 5) is 24.4. The zero-order chi connectivity index (χ0) is 18.6. The minimum atomic E-state index is -3.01. The Morgan fingerprint density at radius 3 is 2.35 bits per heavy atom. The predicted octanol–water partition coefficient (Wildman–Crippen LogP) is 3.50. The van der Waals surface area contributed by atoms with Crippen LogP contribution in [-0.4, -0.2) is 25.1 Å². The topological polar surface area (TPSA) is 64.6 Å². The number of halogens is 2. The monoisotopic (exact) mass is 361 g/mol. The van der Waals surface area contributed by atoms with Crippen LogP contribution in [0, 0.1) is 0 Å². The van der Waals surface area contributed by atoms with Crippen molar-refractivity contribution in [2.75, 3.05) is 11.9 Å². The number of nitrogens with one attached hydrogen (secondary N) is 1. The molecular weight excluding hydrogens is 344 g/mol. The van der Waals surface area contributed by atoms with E-state index in [0.717, 1.165) is 5.56 Å². The molecule has 3 rings (SSSR count). The average Bonchev–Trinajstić information content (AvgIpc) is 3.44. The lowest BCUT2D eigenvalue weighted by Gasteiger charge is -2.15. The van der Waals surface area contributed by atoms with Gasteiger partial charge in [-0.2, -0.15) is 8.78 Å². The van der Waals surface area contributed by atoms with E-state index in [1.54, 1.807) is 6.07 Å². The third kappa shape index (κ3) is 3.99. The molecule has 1 fully saturated rings. The molecular formula is C19H17F2NO4. The van der Waals surface area contributed by atoms with Gasteiger partial charge in [-0.3, -0.25) is 9.59 Å². The number of hydrogen-bond donors (Lipinski definition) is 1. The number of alkyl halides is 2. The van der Waals surface area contributed by atoms with Crippen LogP contribution < -0.4 is 10.1 Å². The fraction of sp³-hybridized carbons (Fsp3) is 0.263. The Balaban J connectivity index is 1.58. The van der Waals surface area contributed by atoms with Gasteiger partial charge in [0.15, 0.2) is 6.61 Å². The molecule has 0 atom stereocenters. The lowest BCUT2D eigenvalue weighted by atomic mass is 9.96. The Hall–Kier alpha value is -2.96. The minimum absolute atomic E-state index is 0.0815. The Morgan fingerprint density at radius 2 is 1.69 bits per heavy atom. The van der Waals surface area contributed by atoms with E-state index < -0.39 is 30.5 Å². The van der Waals surface area contributed by atoms with Gasteiger partial charge in [0.25, 0.3) is 5.91 Å². The summed E-state index contributed by atoms with van der Waals surface area (Å²) in [5.74, 6) is -1.26. The molecule has 1 saturated carbocycles. The van der Waals surface area contributed by atoms with Gasteiger partial charge in [0, 0.05) is 0 Å². The van der Waals surface area contributed by atoms with E-state index >= 15 is 0 Å². The van der Waals surface area contributed by atoms with Crippen molar-refractivity contribution in [2.45, 2.75) is 24.9 Å². The van der Waals surface area contributed by atoms with Crippen molar-refractivity contribution in [1.82, 2.24) is 0 Å². The van der Waals surface area contributed by atoms with Gasteiger partial charge in [0.05, 0.1) is 11.1 Å². The van der Waals surface area contributed by atoms with E-state index in [0.29, 0.717) is 12.8 Å². The zero-order valence-electron chi connectivity index (χ0n) is 13.8. The number of esters is 1. The normalized spacial score (nSPS) is 14.6. The van der Waals surface area contributed by atoms with Crippen molar-refractivity contribution < 1.29 is 27.8 Å². The molecule has 1 N–H and O–H groups in total. The summed E-state index contributed by atoms with van der Waals surface area (Å²) in [5, 5.41) is 2.41. The molecule has 2 aromatic carbocycles. The molecule has 0 heterocycles. The molecule has 0 aliphatic heterocycles. The number of carbonyl (C=O) groups is 2. The second-order valence-electron chi connectivity index (χ2n) is 5.95. The highest BCUT2D eigenvalue weighted by Gasteiger charge is 2.52. The van der Waals surface area contributed by atoms with Crippen LogP contribution in [-0.2, 0) is 19.7 Å². The quantitative estimate of drug-likeness (QED) is 0.767. The van der Waals surface area contributed by atoms with Gasteiger partial charge >= 0.3 is 12.6 Å². The third-order valence-corrected chi connectivity index (χ3v) is 4.18. The molecule has 1 aliphatic rings. The number of anilines is 1. The van der Waals surface area contributed by atoms with Gasteiger partial charge in [-0.25, -0.2) is 0 Å². The molecule has 0 spiro atoms. The molecule has 1 aliphatic carbocycles. The van der Waals surface area contributed by atoms with Crippen LogP contribution in [0.2, 0.25) is 0 Å². The number of para-hydroxylation sites is 2. The highest BCUT2D eigenvalue weighted by Crippen LogP contribution is 2.49. The fourth-order valence-corrected chi connectivity index (χ4v) is 2.72. The molecule has 0 saturated heterocycles. The van der Waals surface area contributed by atoms with Gasteiger partial charge < -0.3 is 14.8 Å². The largest absolute Gasteiger partial charge is 0.455 e. The molecule has 136 valence electrons. The van der Waals surface area contributed by atoms with Crippen molar-refractivity contribution in [2.24, 2.45) is 0 Å². The van der Waals surface area contributed by atoms with Gasteiger partial charge in [-0.05, 0) is 30.5 Å². The summed E-state index contributed by atoms with van der Waals surface area (Å²) < 4.78 is 34.3. The van der Waals surface area contributed by atoms with E-state index in [4.69, 9.17) is 4.74 Å². The SMILES string of the molecule is O=C(COC(=O)C1(c2ccccc2)CC1)Nc1ccccc1OC(F)F. The van der Waals surface area contributed by atoms with Gasteiger partial charge in [-0.1, -0.05) is 42.5 Å². The second-order valence-corrected chi connectivity index (χ2v) is 5.95. The van der Waals surface area contributed by atoms with Crippen molar-refractivity contribution in [3.05, 3.63) is 60.2 Å². The van der Waals surface area contributed by atoms with E-state index in [9.17, 15) is 18.4 Å². The molecule has 1 amide bonds. The summed E-state index contributed by atoms with van der Waals surface area (Å²) in [5.41, 5.74) is 0.261. The fourth-order valence-electron chi connectivity index (χ4n) is 2.72. The Kier molecular flexibility index (Phi) is 5.16. The second kappa shape index (κ2) is 7.51. The number of rotatable bonds is 7. The van der Waals surface area contributed by atoms with Gasteiger partial charge in [-0.15, -0.1) is 0 Å². The van der Waals surface area contributed by atoms with Crippen LogP contribution in [0.5, 0.6) is 5.75 Å². The molecule has 7 heteroatoms. The summed E-state index contributed by atoms with van der Waals surface area (Å²) in [7, 11) is 0. The number of amides is 1. The van der Waals surface area contributed by atoms with Crippen LogP contribution in [0.4, 0.5) is 14.5 Å². The Labute approximate surface area is 148 Å². The van der Waals surface area contributed by atoms with Crippen LogP contribution in [0.15, 0.2) is 54.6 Å². The number of ether oxygens (including phenoxy) is 2. The lowest BCUT2D eigenvalue weighted by molar-refractivity contribution is -0.150. The number of benzene rings is 2.